The highest BCUT2D eigenvalue weighted by molar-refractivity contribution is 7.09. The molecule has 1 aliphatic carbocycles. The molecule has 0 radical (unpaired) electrons. The Hall–Kier alpha value is -2.14. The summed E-state index contributed by atoms with van der Waals surface area (Å²) in [6, 6.07) is 8.23. The van der Waals surface area contributed by atoms with Gasteiger partial charge in [0, 0.05) is 17.6 Å². The van der Waals surface area contributed by atoms with E-state index in [0.717, 1.165) is 40.3 Å². The van der Waals surface area contributed by atoms with Gasteiger partial charge in [-0.05, 0) is 38.0 Å². The summed E-state index contributed by atoms with van der Waals surface area (Å²) in [5, 5.41) is 6.26. The van der Waals surface area contributed by atoms with Gasteiger partial charge in [0.2, 0.25) is 0 Å². The van der Waals surface area contributed by atoms with E-state index in [9.17, 15) is 4.79 Å². The average molecular weight is 325 g/mol. The van der Waals surface area contributed by atoms with Crippen LogP contribution in [0.1, 0.15) is 41.0 Å². The fraction of sp³-hybridized carbons (Fsp3) is 0.333. The van der Waals surface area contributed by atoms with Crippen LogP contribution in [-0.4, -0.2) is 21.3 Å². The third kappa shape index (κ3) is 2.65. The number of carbonyl (C=O) groups is 1. The number of rotatable bonds is 3. The standard InChI is InChI=1S/C18H19N3OS/c1-12-19-15(11-23-12)17-10-14(16-8-4-5-9-21(16)17)18(22)20-13-6-2-3-7-13/h4-5,8-11,13H,2-3,6-7H2,1H3,(H,20,22). The summed E-state index contributed by atoms with van der Waals surface area (Å²) in [5.74, 6) is 0.0267. The molecule has 1 fully saturated rings. The van der Waals surface area contributed by atoms with Crippen molar-refractivity contribution in [2.45, 2.75) is 38.6 Å². The number of thiazole rings is 1. The van der Waals surface area contributed by atoms with Crippen molar-refractivity contribution in [2.75, 3.05) is 0 Å². The van der Waals surface area contributed by atoms with Crippen molar-refractivity contribution in [1.82, 2.24) is 14.7 Å². The molecule has 1 N–H and O–H groups in total. The zero-order valence-electron chi connectivity index (χ0n) is 13.1. The van der Waals surface area contributed by atoms with Crippen molar-refractivity contribution in [1.29, 1.82) is 0 Å². The molecule has 3 heterocycles. The molecule has 1 saturated carbocycles. The number of carbonyl (C=O) groups excluding carboxylic acids is 1. The molecule has 1 aliphatic rings. The second-order valence-electron chi connectivity index (χ2n) is 6.11. The fourth-order valence-corrected chi connectivity index (χ4v) is 3.95. The molecular formula is C18H19N3OS. The third-order valence-electron chi connectivity index (χ3n) is 4.49. The second-order valence-corrected chi connectivity index (χ2v) is 7.17. The first-order valence-corrected chi connectivity index (χ1v) is 8.94. The van der Waals surface area contributed by atoms with Crippen molar-refractivity contribution in [2.24, 2.45) is 0 Å². The van der Waals surface area contributed by atoms with Crippen molar-refractivity contribution in [3.8, 4) is 11.4 Å². The number of hydrogen-bond donors (Lipinski definition) is 1. The van der Waals surface area contributed by atoms with Gasteiger partial charge in [0.1, 0.15) is 0 Å². The molecule has 0 bridgehead atoms. The van der Waals surface area contributed by atoms with Crippen LogP contribution >= 0.6 is 11.3 Å². The van der Waals surface area contributed by atoms with E-state index < -0.39 is 0 Å². The van der Waals surface area contributed by atoms with Crippen molar-refractivity contribution in [3.05, 3.63) is 46.4 Å². The van der Waals surface area contributed by atoms with Gasteiger partial charge in [0.25, 0.3) is 5.91 Å². The van der Waals surface area contributed by atoms with E-state index in [1.807, 2.05) is 42.8 Å². The molecule has 0 atom stereocenters. The molecule has 0 aromatic carbocycles. The lowest BCUT2D eigenvalue weighted by atomic mass is 10.2. The molecular weight excluding hydrogens is 306 g/mol. The number of amides is 1. The molecule has 23 heavy (non-hydrogen) atoms. The number of fused-ring (bicyclic) bond motifs is 1. The van der Waals surface area contributed by atoms with Crippen LogP contribution in [0, 0.1) is 6.92 Å². The Morgan fingerprint density at radius 2 is 2.17 bits per heavy atom. The molecule has 3 aromatic heterocycles. The minimum atomic E-state index is 0.0267. The van der Waals surface area contributed by atoms with Gasteiger partial charge in [-0.25, -0.2) is 4.98 Å². The Morgan fingerprint density at radius 3 is 2.91 bits per heavy atom. The van der Waals surface area contributed by atoms with Gasteiger partial charge in [0.15, 0.2) is 0 Å². The monoisotopic (exact) mass is 325 g/mol. The van der Waals surface area contributed by atoms with Crippen LogP contribution in [-0.2, 0) is 0 Å². The van der Waals surface area contributed by atoms with Crippen molar-refractivity contribution < 1.29 is 4.79 Å². The summed E-state index contributed by atoms with van der Waals surface area (Å²) in [6.07, 6.45) is 6.60. The minimum absolute atomic E-state index is 0.0267. The first-order valence-electron chi connectivity index (χ1n) is 8.06. The average Bonchev–Trinajstić information content (AvgIpc) is 3.26. The van der Waals surface area contributed by atoms with Crippen LogP contribution in [0.3, 0.4) is 0 Å². The zero-order chi connectivity index (χ0) is 15.8. The highest BCUT2D eigenvalue weighted by Crippen LogP contribution is 2.28. The largest absolute Gasteiger partial charge is 0.349 e. The lowest BCUT2D eigenvalue weighted by Crippen LogP contribution is -2.32. The zero-order valence-corrected chi connectivity index (χ0v) is 13.9. The summed E-state index contributed by atoms with van der Waals surface area (Å²) >= 11 is 1.63. The van der Waals surface area contributed by atoms with Crippen molar-refractivity contribution >= 4 is 22.8 Å². The molecule has 1 amide bonds. The first kappa shape index (κ1) is 14.5. The predicted molar refractivity (Wildman–Crippen MR) is 93.0 cm³/mol. The maximum absolute atomic E-state index is 12.7. The fourth-order valence-electron chi connectivity index (χ4n) is 3.35. The smallest absolute Gasteiger partial charge is 0.253 e. The van der Waals surface area contributed by atoms with Crippen LogP contribution in [0.5, 0.6) is 0 Å². The van der Waals surface area contributed by atoms with Gasteiger partial charge in [-0.1, -0.05) is 18.9 Å². The van der Waals surface area contributed by atoms with Gasteiger partial charge in [-0.2, -0.15) is 0 Å². The van der Waals surface area contributed by atoms with Crippen LogP contribution in [0.4, 0.5) is 0 Å². The number of nitrogens with zero attached hydrogens (tertiary/aromatic N) is 2. The number of aryl methyl sites for hydroxylation is 1. The SMILES string of the molecule is Cc1nc(-c2cc(C(=O)NC3CCCC3)c3ccccn23)cs1. The van der Waals surface area contributed by atoms with Gasteiger partial charge in [0.05, 0.1) is 27.5 Å². The second kappa shape index (κ2) is 5.81. The molecule has 0 saturated heterocycles. The van der Waals surface area contributed by atoms with Gasteiger partial charge in [-0.15, -0.1) is 11.3 Å². The minimum Gasteiger partial charge on any atom is -0.349 e. The van der Waals surface area contributed by atoms with E-state index in [4.69, 9.17) is 0 Å². The van der Waals surface area contributed by atoms with Crippen LogP contribution < -0.4 is 5.32 Å². The summed E-state index contributed by atoms with van der Waals surface area (Å²) in [7, 11) is 0. The Morgan fingerprint density at radius 1 is 1.35 bits per heavy atom. The summed E-state index contributed by atoms with van der Waals surface area (Å²) in [5.41, 5.74) is 3.57. The van der Waals surface area contributed by atoms with Crippen LogP contribution in [0.15, 0.2) is 35.8 Å². The number of hydrogen-bond acceptors (Lipinski definition) is 3. The molecule has 0 unspecified atom stereocenters. The van der Waals surface area contributed by atoms with E-state index in [2.05, 4.69) is 14.7 Å². The molecule has 5 heteroatoms. The maximum atomic E-state index is 12.7. The lowest BCUT2D eigenvalue weighted by molar-refractivity contribution is 0.0939. The first-order chi connectivity index (χ1) is 11.2. The van der Waals surface area contributed by atoms with E-state index >= 15 is 0 Å². The summed E-state index contributed by atoms with van der Waals surface area (Å²) in [6.45, 7) is 2.00. The number of pyridine rings is 1. The van der Waals surface area contributed by atoms with E-state index in [1.54, 1.807) is 11.3 Å². The Balaban J connectivity index is 1.76. The summed E-state index contributed by atoms with van der Waals surface area (Å²) < 4.78 is 2.05. The van der Waals surface area contributed by atoms with Crippen molar-refractivity contribution in [3.63, 3.8) is 0 Å². The topological polar surface area (TPSA) is 46.4 Å². The van der Waals surface area contributed by atoms with Crippen LogP contribution in [0.2, 0.25) is 0 Å². The lowest BCUT2D eigenvalue weighted by Gasteiger charge is -2.11. The molecule has 4 nitrogen and oxygen atoms in total. The van der Waals surface area contributed by atoms with Gasteiger partial charge in [-0.3, -0.25) is 4.79 Å². The highest BCUT2D eigenvalue weighted by Gasteiger charge is 2.21. The predicted octanol–water partition coefficient (Wildman–Crippen LogP) is 4.04. The quantitative estimate of drug-likeness (QED) is 0.790. The maximum Gasteiger partial charge on any atom is 0.253 e. The molecule has 0 aliphatic heterocycles. The highest BCUT2D eigenvalue weighted by atomic mass is 32.1. The molecule has 118 valence electrons. The Kier molecular flexibility index (Phi) is 3.65. The van der Waals surface area contributed by atoms with E-state index in [-0.39, 0.29) is 5.91 Å². The Labute approximate surface area is 139 Å². The number of aromatic nitrogens is 2. The number of nitrogens with one attached hydrogen (secondary N) is 1. The third-order valence-corrected chi connectivity index (χ3v) is 5.27. The summed E-state index contributed by atoms with van der Waals surface area (Å²) in [4.78, 5) is 17.3. The van der Waals surface area contributed by atoms with E-state index in [0.29, 0.717) is 6.04 Å². The van der Waals surface area contributed by atoms with E-state index in [1.165, 1.54) is 12.8 Å². The molecule has 0 spiro atoms. The Bertz CT molecular complexity index is 858. The molecule has 3 aromatic rings. The van der Waals surface area contributed by atoms with Gasteiger partial charge >= 0.3 is 0 Å². The molecule has 4 rings (SSSR count). The normalized spacial score (nSPS) is 15.3. The van der Waals surface area contributed by atoms with Gasteiger partial charge < -0.3 is 9.72 Å². The van der Waals surface area contributed by atoms with Crippen LogP contribution in [0.25, 0.3) is 16.9 Å².